The highest BCUT2D eigenvalue weighted by Gasteiger charge is 2.15. The molecule has 1 amide bonds. The van der Waals surface area contributed by atoms with Crippen LogP contribution in [0.5, 0.6) is 0 Å². The molecule has 32 heavy (non-hydrogen) atoms. The third kappa shape index (κ3) is 4.53. The largest absolute Gasteiger partial charge is 0.397 e. The van der Waals surface area contributed by atoms with Crippen LogP contribution in [0.25, 0.3) is 21.6 Å². The Morgan fingerprint density at radius 3 is 2.44 bits per heavy atom. The molecule has 0 aliphatic heterocycles. The van der Waals surface area contributed by atoms with E-state index in [1.54, 1.807) is 41.7 Å². The molecule has 162 valence electrons. The summed E-state index contributed by atoms with van der Waals surface area (Å²) in [5.74, 6) is -0.272. The van der Waals surface area contributed by atoms with Crippen molar-refractivity contribution in [2.75, 3.05) is 11.1 Å². The number of benzene rings is 3. The molecule has 7 heteroatoms. The third-order valence-electron chi connectivity index (χ3n) is 5.31. The summed E-state index contributed by atoms with van der Waals surface area (Å²) in [5.41, 5.74) is 11.2. The molecule has 1 atom stereocenters. The number of rotatable bonds is 6. The number of nitrogens with one attached hydrogen (secondary N) is 1. The van der Waals surface area contributed by atoms with Gasteiger partial charge in [-0.2, -0.15) is 0 Å². The monoisotopic (exact) mass is 462 g/mol. The van der Waals surface area contributed by atoms with Crippen molar-refractivity contribution in [1.29, 1.82) is 0 Å². The van der Waals surface area contributed by atoms with Gasteiger partial charge in [0.05, 0.1) is 11.4 Å². The quantitative estimate of drug-likeness (QED) is 0.258. The average Bonchev–Trinajstić information content (AvgIpc) is 3.35. The lowest BCUT2D eigenvalue weighted by molar-refractivity contribution is 0.102. The Balaban J connectivity index is 1.61. The van der Waals surface area contributed by atoms with E-state index < -0.39 is 8.03 Å². The summed E-state index contributed by atoms with van der Waals surface area (Å²) < 4.78 is 11.9. The molecular weight excluding hydrogens is 439 g/mol. The van der Waals surface area contributed by atoms with Gasteiger partial charge in [0.25, 0.3) is 5.91 Å². The zero-order chi connectivity index (χ0) is 22.7. The molecule has 5 nitrogen and oxygen atoms in total. The number of carbonyl (C=O) groups is 1. The van der Waals surface area contributed by atoms with Gasteiger partial charge in [0.2, 0.25) is 8.03 Å². The first-order valence-electron chi connectivity index (χ1n) is 10.2. The fourth-order valence-corrected chi connectivity index (χ4v) is 5.14. The molecule has 0 aliphatic rings. The maximum absolute atomic E-state index is 12.9. The first kappa shape index (κ1) is 22.0. The van der Waals surface area contributed by atoms with Crippen LogP contribution in [0.1, 0.15) is 22.8 Å². The Hall–Kier alpha value is -3.18. The fourth-order valence-electron chi connectivity index (χ4n) is 3.66. The molecule has 0 spiro atoms. The van der Waals surface area contributed by atoms with Crippen LogP contribution < -0.4 is 16.4 Å². The SMILES string of the molecule is CCc1cccc([PH](=O)O)c1-c1ccc(C(=O)Nc2cc(-c3cccs3)ccc2N)cc1. The molecule has 3 aromatic carbocycles. The van der Waals surface area contributed by atoms with E-state index in [-0.39, 0.29) is 5.91 Å². The van der Waals surface area contributed by atoms with Crippen molar-refractivity contribution in [1.82, 2.24) is 0 Å². The van der Waals surface area contributed by atoms with Crippen LogP contribution in [0.15, 0.2) is 78.2 Å². The zero-order valence-electron chi connectivity index (χ0n) is 17.5. The molecule has 0 radical (unpaired) electrons. The second kappa shape index (κ2) is 9.53. The van der Waals surface area contributed by atoms with Crippen LogP contribution >= 0.6 is 19.4 Å². The molecule has 0 bridgehead atoms. The standard InChI is InChI=1S/C25H23N2O3PS/c1-2-16-5-3-6-22(31(29)30)24(16)17-8-10-18(11-9-17)25(28)27-21-15-19(12-13-20(21)26)23-7-4-14-32-23/h3-15,31H,2,26H2,1H3,(H,27,28)(H,29,30). The second-order valence-corrected chi connectivity index (χ2v) is 9.41. The van der Waals surface area contributed by atoms with E-state index in [1.807, 2.05) is 54.8 Å². The van der Waals surface area contributed by atoms with E-state index in [9.17, 15) is 14.3 Å². The van der Waals surface area contributed by atoms with Crippen LogP contribution in [-0.2, 0) is 11.0 Å². The van der Waals surface area contributed by atoms with Crippen molar-refractivity contribution in [2.45, 2.75) is 13.3 Å². The van der Waals surface area contributed by atoms with Crippen LogP contribution in [0.3, 0.4) is 0 Å². The van der Waals surface area contributed by atoms with Gasteiger partial charge in [0.1, 0.15) is 0 Å². The highest BCUT2D eigenvalue weighted by Crippen LogP contribution is 2.31. The van der Waals surface area contributed by atoms with Crippen LogP contribution in [0.4, 0.5) is 11.4 Å². The summed E-state index contributed by atoms with van der Waals surface area (Å²) in [7, 11) is -2.86. The minimum Gasteiger partial charge on any atom is -0.397 e. The molecule has 1 aromatic heterocycles. The van der Waals surface area contributed by atoms with Gasteiger partial charge in [0, 0.05) is 15.7 Å². The Morgan fingerprint density at radius 2 is 1.78 bits per heavy atom. The molecular formula is C25H23N2O3PS. The molecule has 4 aromatic rings. The van der Waals surface area contributed by atoms with Crippen LogP contribution in [0.2, 0.25) is 0 Å². The van der Waals surface area contributed by atoms with Gasteiger partial charge in [-0.05, 0) is 70.5 Å². The first-order chi connectivity index (χ1) is 15.5. The summed E-state index contributed by atoms with van der Waals surface area (Å²) in [5, 5.41) is 5.33. The number of thiophene rings is 1. The Morgan fingerprint density at radius 1 is 1.03 bits per heavy atom. The lowest BCUT2D eigenvalue weighted by Crippen LogP contribution is -2.13. The average molecular weight is 463 g/mol. The minimum absolute atomic E-state index is 0.272. The predicted octanol–water partition coefficient (Wildman–Crippen LogP) is 5.57. The number of nitrogen functional groups attached to an aromatic ring is 1. The maximum atomic E-state index is 12.9. The number of hydrogen-bond acceptors (Lipinski definition) is 4. The molecule has 0 saturated carbocycles. The fraction of sp³-hybridized carbons (Fsp3) is 0.0800. The summed E-state index contributed by atoms with van der Waals surface area (Å²) in [6.45, 7) is 2.01. The first-order valence-corrected chi connectivity index (χ1v) is 12.4. The highest BCUT2D eigenvalue weighted by molar-refractivity contribution is 7.47. The number of hydrogen-bond donors (Lipinski definition) is 3. The summed E-state index contributed by atoms with van der Waals surface area (Å²) >= 11 is 1.62. The van der Waals surface area contributed by atoms with E-state index in [4.69, 9.17) is 5.73 Å². The van der Waals surface area contributed by atoms with Gasteiger partial charge in [-0.1, -0.05) is 43.3 Å². The van der Waals surface area contributed by atoms with Gasteiger partial charge in [-0.25, -0.2) is 0 Å². The Bertz CT molecular complexity index is 1290. The number of carbonyl (C=O) groups excluding carboxylic acids is 1. The Kier molecular flexibility index (Phi) is 6.56. The summed E-state index contributed by atoms with van der Waals surface area (Å²) in [4.78, 5) is 23.7. The van der Waals surface area contributed by atoms with Crippen molar-refractivity contribution in [3.8, 4) is 21.6 Å². The van der Waals surface area contributed by atoms with Crippen molar-refractivity contribution in [3.05, 3.63) is 89.3 Å². The second-order valence-electron chi connectivity index (χ2n) is 7.31. The number of amides is 1. The smallest absolute Gasteiger partial charge is 0.255 e. The van der Waals surface area contributed by atoms with Crippen molar-refractivity contribution >= 4 is 42.0 Å². The van der Waals surface area contributed by atoms with E-state index in [1.165, 1.54) is 0 Å². The molecule has 1 unspecified atom stereocenters. The molecule has 1 heterocycles. The van der Waals surface area contributed by atoms with E-state index in [2.05, 4.69) is 5.32 Å². The van der Waals surface area contributed by atoms with Crippen LogP contribution in [0, 0.1) is 0 Å². The molecule has 0 saturated heterocycles. The summed E-state index contributed by atoms with van der Waals surface area (Å²) in [6, 6.07) is 22.1. The molecule has 0 fully saturated rings. The molecule has 4 rings (SSSR count). The van der Waals surface area contributed by atoms with Crippen molar-refractivity contribution in [3.63, 3.8) is 0 Å². The van der Waals surface area contributed by atoms with Gasteiger partial charge < -0.3 is 15.9 Å². The number of anilines is 2. The van der Waals surface area contributed by atoms with Gasteiger partial charge in [-0.15, -0.1) is 11.3 Å². The van der Waals surface area contributed by atoms with E-state index in [0.717, 1.165) is 33.6 Å². The summed E-state index contributed by atoms with van der Waals surface area (Å²) in [6.07, 6.45) is 0.737. The van der Waals surface area contributed by atoms with Crippen molar-refractivity contribution in [2.24, 2.45) is 0 Å². The topological polar surface area (TPSA) is 92.4 Å². The highest BCUT2D eigenvalue weighted by atomic mass is 32.1. The van der Waals surface area contributed by atoms with Gasteiger partial charge in [-0.3, -0.25) is 9.36 Å². The molecule has 0 aliphatic carbocycles. The predicted molar refractivity (Wildman–Crippen MR) is 134 cm³/mol. The van der Waals surface area contributed by atoms with Gasteiger partial charge >= 0.3 is 0 Å². The van der Waals surface area contributed by atoms with E-state index >= 15 is 0 Å². The lowest BCUT2D eigenvalue weighted by atomic mass is 9.97. The number of aryl methyl sites for hydroxylation is 1. The van der Waals surface area contributed by atoms with Crippen LogP contribution in [-0.4, -0.2) is 10.8 Å². The maximum Gasteiger partial charge on any atom is 0.255 e. The zero-order valence-corrected chi connectivity index (χ0v) is 19.3. The Labute approximate surface area is 191 Å². The van der Waals surface area contributed by atoms with E-state index in [0.29, 0.717) is 22.2 Å². The lowest BCUT2D eigenvalue weighted by Gasteiger charge is -2.14. The third-order valence-corrected chi connectivity index (χ3v) is 7.10. The van der Waals surface area contributed by atoms with Gasteiger partial charge in [0.15, 0.2) is 0 Å². The normalized spacial score (nSPS) is 11.8. The van der Waals surface area contributed by atoms with Crippen molar-refractivity contribution < 1.29 is 14.3 Å². The number of nitrogens with two attached hydrogens (primary N) is 1. The molecule has 4 N–H and O–H groups in total. The minimum atomic E-state index is -2.86.